The van der Waals surface area contributed by atoms with Crippen LogP contribution in [0.3, 0.4) is 0 Å². The van der Waals surface area contributed by atoms with Gasteiger partial charge in [0.15, 0.2) is 0 Å². The summed E-state index contributed by atoms with van der Waals surface area (Å²) in [4.78, 5) is 16.5. The van der Waals surface area contributed by atoms with Gasteiger partial charge in [0.05, 0.1) is 6.04 Å². The van der Waals surface area contributed by atoms with Crippen LogP contribution in [0, 0.1) is 0 Å². The zero-order valence-corrected chi connectivity index (χ0v) is 13.3. The summed E-state index contributed by atoms with van der Waals surface area (Å²) in [7, 11) is 0. The van der Waals surface area contributed by atoms with E-state index in [1.165, 1.54) is 12.4 Å². The lowest BCUT2D eigenvalue weighted by atomic mass is 10.0. The van der Waals surface area contributed by atoms with Gasteiger partial charge in [0, 0.05) is 24.4 Å². The molecule has 0 saturated carbocycles. The molecule has 0 bridgehead atoms. The molecule has 0 aliphatic rings. The molecule has 3 aromatic rings. The first-order chi connectivity index (χ1) is 12.1. The molecular weight excluding hydrogens is 324 g/mol. The number of benzene rings is 2. The smallest absolute Gasteiger partial charge is 0.319 e. The van der Waals surface area contributed by atoms with E-state index in [2.05, 4.69) is 10.3 Å². The van der Waals surface area contributed by atoms with Crippen molar-refractivity contribution in [3.05, 3.63) is 90.0 Å². The average molecular weight is 341 g/mol. The van der Waals surface area contributed by atoms with Crippen LogP contribution in [-0.4, -0.2) is 15.5 Å². The molecule has 4 nitrogen and oxygen atoms in total. The maximum Gasteiger partial charge on any atom is 0.319 e. The molecule has 0 spiro atoms. The lowest BCUT2D eigenvalue weighted by Gasteiger charge is -2.20. The van der Waals surface area contributed by atoms with Crippen molar-refractivity contribution >= 4 is 5.91 Å². The number of amides is 1. The van der Waals surface area contributed by atoms with E-state index in [1.54, 1.807) is 24.3 Å². The van der Waals surface area contributed by atoms with E-state index in [1.807, 2.05) is 36.4 Å². The van der Waals surface area contributed by atoms with Gasteiger partial charge in [0.1, 0.15) is 5.82 Å². The molecule has 1 heterocycles. The predicted molar refractivity (Wildman–Crippen MR) is 90.3 cm³/mol. The van der Waals surface area contributed by atoms with Crippen LogP contribution in [0.1, 0.15) is 34.3 Å². The van der Waals surface area contributed by atoms with Crippen molar-refractivity contribution in [2.24, 2.45) is 0 Å². The Kier molecular flexibility index (Phi) is 5.18. The number of carbonyl (C=O) groups excluding carboxylic acids is 1. The number of alkyl halides is 2. The van der Waals surface area contributed by atoms with Gasteiger partial charge in [0.2, 0.25) is 0 Å². The van der Waals surface area contributed by atoms with Crippen molar-refractivity contribution in [2.75, 3.05) is 0 Å². The number of nitrogens with one attached hydrogen (secondary N) is 1. The highest BCUT2D eigenvalue weighted by Crippen LogP contribution is 2.21. The summed E-state index contributed by atoms with van der Waals surface area (Å²) in [5.74, 6) is -0.0400. The third kappa shape index (κ3) is 4.09. The third-order valence-corrected chi connectivity index (χ3v) is 3.89. The Morgan fingerprint density at radius 3 is 2.32 bits per heavy atom. The Balaban J connectivity index is 1.86. The van der Waals surface area contributed by atoms with Crippen LogP contribution in [0.4, 0.5) is 8.78 Å². The minimum atomic E-state index is -2.67. The van der Waals surface area contributed by atoms with E-state index in [9.17, 15) is 13.6 Å². The second-order valence-electron chi connectivity index (χ2n) is 5.54. The lowest BCUT2D eigenvalue weighted by Crippen LogP contribution is -2.30. The third-order valence-electron chi connectivity index (χ3n) is 3.89. The molecule has 1 N–H and O–H groups in total. The van der Waals surface area contributed by atoms with Gasteiger partial charge in [0.25, 0.3) is 5.91 Å². The standard InChI is InChI=1S/C19H17F2N3O/c20-19(21)24-12-11-22-17(24)13-16(14-7-3-1-4-8-14)23-18(25)15-9-5-2-6-10-15/h1-12,16,19H,13H2,(H,23,25)/t16-/m1/s1. The maximum atomic E-state index is 13.1. The second-order valence-corrected chi connectivity index (χ2v) is 5.54. The summed E-state index contributed by atoms with van der Waals surface area (Å²) >= 11 is 0. The molecule has 0 unspecified atom stereocenters. The van der Waals surface area contributed by atoms with E-state index in [4.69, 9.17) is 0 Å². The van der Waals surface area contributed by atoms with Crippen LogP contribution in [0.25, 0.3) is 0 Å². The summed E-state index contributed by atoms with van der Waals surface area (Å²) in [5.41, 5.74) is 1.34. The minimum absolute atomic E-state index is 0.167. The van der Waals surface area contributed by atoms with Gasteiger partial charge >= 0.3 is 6.55 Å². The van der Waals surface area contributed by atoms with Crippen molar-refractivity contribution in [3.63, 3.8) is 0 Å². The molecular formula is C19H17F2N3O. The van der Waals surface area contributed by atoms with Gasteiger partial charge in [-0.3, -0.25) is 9.36 Å². The molecule has 1 atom stereocenters. The van der Waals surface area contributed by atoms with Crippen LogP contribution < -0.4 is 5.32 Å². The van der Waals surface area contributed by atoms with Gasteiger partial charge in [-0.15, -0.1) is 0 Å². The highest BCUT2D eigenvalue weighted by molar-refractivity contribution is 5.94. The molecule has 128 valence electrons. The highest BCUT2D eigenvalue weighted by atomic mass is 19.3. The Labute approximate surface area is 144 Å². The molecule has 0 fully saturated rings. The molecule has 1 amide bonds. The molecule has 0 radical (unpaired) electrons. The van der Waals surface area contributed by atoms with Gasteiger partial charge in [-0.1, -0.05) is 48.5 Å². The van der Waals surface area contributed by atoms with Crippen molar-refractivity contribution < 1.29 is 13.6 Å². The molecule has 0 aliphatic heterocycles. The van der Waals surface area contributed by atoms with Crippen LogP contribution in [-0.2, 0) is 6.42 Å². The average Bonchev–Trinajstić information content (AvgIpc) is 3.11. The van der Waals surface area contributed by atoms with E-state index in [0.29, 0.717) is 5.56 Å². The van der Waals surface area contributed by atoms with E-state index < -0.39 is 12.6 Å². The van der Waals surface area contributed by atoms with Crippen LogP contribution in [0.5, 0.6) is 0 Å². The first-order valence-electron chi connectivity index (χ1n) is 7.86. The van der Waals surface area contributed by atoms with Crippen molar-refractivity contribution in [2.45, 2.75) is 19.0 Å². The Bertz CT molecular complexity index is 819. The maximum absolute atomic E-state index is 13.1. The molecule has 0 aliphatic carbocycles. The quantitative estimate of drug-likeness (QED) is 0.737. The number of imidazole rings is 1. The number of rotatable bonds is 6. The molecule has 3 rings (SSSR count). The first kappa shape index (κ1) is 16.8. The number of aromatic nitrogens is 2. The van der Waals surface area contributed by atoms with Crippen LogP contribution in [0.2, 0.25) is 0 Å². The monoisotopic (exact) mass is 341 g/mol. The highest BCUT2D eigenvalue weighted by Gasteiger charge is 2.20. The SMILES string of the molecule is O=C(N[C@H](Cc1nccn1C(F)F)c1ccccc1)c1ccccc1. The van der Waals surface area contributed by atoms with Gasteiger partial charge in [-0.05, 0) is 17.7 Å². The van der Waals surface area contributed by atoms with Gasteiger partial charge < -0.3 is 5.32 Å². The van der Waals surface area contributed by atoms with Crippen molar-refractivity contribution in [1.29, 1.82) is 0 Å². The topological polar surface area (TPSA) is 46.9 Å². The number of hydrogen-bond donors (Lipinski definition) is 1. The van der Waals surface area contributed by atoms with Gasteiger partial charge in [-0.2, -0.15) is 8.78 Å². The number of halogens is 2. The van der Waals surface area contributed by atoms with E-state index in [-0.39, 0.29) is 18.2 Å². The summed E-state index contributed by atoms with van der Waals surface area (Å²) < 4.78 is 27.0. The van der Waals surface area contributed by atoms with Crippen LogP contribution >= 0.6 is 0 Å². The predicted octanol–water partition coefficient (Wildman–Crippen LogP) is 3.99. The number of carbonyl (C=O) groups is 1. The van der Waals surface area contributed by atoms with Crippen molar-refractivity contribution in [3.8, 4) is 0 Å². The minimum Gasteiger partial charge on any atom is -0.345 e. The zero-order valence-electron chi connectivity index (χ0n) is 13.3. The summed E-state index contributed by atoms with van der Waals surface area (Å²) in [6, 6.07) is 17.6. The zero-order chi connectivity index (χ0) is 17.6. The Morgan fingerprint density at radius 2 is 1.68 bits per heavy atom. The van der Waals surface area contributed by atoms with E-state index >= 15 is 0 Å². The van der Waals surface area contributed by atoms with Crippen LogP contribution in [0.15, 0.2) is 73.1 Å². The molecule has 6 heteroatoms. The largest absolute Gasteiger partial charge is 0.345 e. The fraction of sp³-hybridized carbons (Fsp3) is 0.158. The van der Waals surface area contributed by atoms with Gasteiger partial charge in [-0.25, -0.2) is 4.98 Å². The van der Waals surface area contributed by atoms with E-state index in [0.717, 1.165) is 10.1 Å². The number of nitrogens with zero attached hydrogens (tertiary/aromatic N) is 2. The molecule has 0 saturated heterocycles. The fourth-order valence-electron chi connectivity index (χ4n) is 2.63. The number of hydrogen-bond acceptors (Lipinski definition) is 2. The lowest BCUT2D eigenvalue weighted by molar-refractivity contribution is 0.0665. The summed E-state index contributed by atoms with van der Waals surface area (Å²) in [6.07, 6.45) is 2.74. The van der Waals surface area contributed by atoms with Crippen molar-refractivity contribution in [1.82, 2.24) is 14.9 Å². The molecule has 2 aromatic carbocycles. The molecule has 1 aromatic heterocycles. The fourth-order valence-corrected chi connectivity index (χ4v) is 2.63. The summed E-state index contributed by atoms with van der Waals surface area (Å²) in [5, 5.41) is 2.92. The molecule has 25 heavy (non-hydrogen) atoms. The second kappa shape index (κ2) is 7.70. The first-order valence-corrected chi connectivity index (χ1v) is 7.86. The Morgan fingerprint density at radius 1 is 1.04 bits per heavy atom. The summed E-state index contributed by atoms with van der Waals surface area (Å²) in [6.45, 7) is -2.67. The Hall–Kier alpha value is -3.02. The normalized spacial score (nSPS) is 12.1.